The Morgan fingerprint density at radius 3 is 1.53 bits per heavy atom. The van der Waals surface area contributed by atoms with Gasteiger partial charge in [-0.05, 0) is 68.8 Å². The first-order chi connectivity index (χ1) is 23.0. The molecular weight excluding hydrogens is 573 g/mol. The van der Waals surface area contributed by atoms with Gasteiger partial charge in [-0.25, -0.2) is 15.0 Å². The van der Waals surface area contributed by atoms with Gasteiger partial charge in [0.05, 0.1) is 11.6 Å². The molecule has 0 atom stereocenters. The maximum atomic E-state index is 9.52. The van der Waals surface area contributed by atoms with E-state index in [0.717, 1.165) is 33.4 Å². The van der Waals surface area contributed by atoms with Crippen LogP contribution in [0, 0.1) is 11.3 Å². The van der Waals surface area contributed by atoms with Gasteiger partial charge in [-0.3, -0.25) is 0 Å². The molecule has 0 fully saturated rings. The van der Waals surface area contributed by atoms with Gasteiger partial charge in [0.2, 0.25) is 0 Å². The highest BCUT2D eigenvalue weighted by Gasteiger charge is 2.35. The molecule has 8 rings (SSSR count). The Balaban J connectivity index is 1.20. The lowest BCUT2D eigenvalue weighted by Crippen LogP contribution is -2.15. The lowest BCUT2D eigenvalue weighted by atomic mass is 9.81. The molecule has 0 radical (unpaired) electrons. The molecule has 0 N–H and O–H groups in total. The maximum Gasteiger partial charge on any atom is 0.164 e. The van der Waals surface area contributed by atoms with E-state index in [1.807, 2.05) is 48.5 Å². The average molecular weight is 603 g/mol. The Bertz CT molecular complexity index is 2320. The number of hydrogen-bond acceptors (Lipinski definition) is 4. The number of fused-ring (bicyclic) bond motifs is 3. The number of aromatic nitrogens is 3. The SMILES string of the molecule is CC1(C)c2cc(C#N)ccc2-c2ccc(-c3cccc(-c4nc(-c5ccccc5)nc(-c5ccc(-c6ccccc6)cc5)n4)c3)cc21. The summed E-state index contributed by atoms with van der Waals surface area (Å²) in [5.74, 6) is 1.89. The summed E-state index contributed by atoms with van der Waals surface area (Å²) < 4.78 is 0. The standard InChI is InChI=1S/C43H30N4/c1-43(2)38-24-28(27-44)16-22-36(38)37-23-21-34(26-39(37)43)33-14-9-15-35(25-33)42-46-40(31-12-7-4-8-13-31)45-41(47-42)32-19-17-30(18-20-32)29-10-5-3-6-11-29/h3-26H,1-2H3. The Labute approximate surface area is 274 Å². The predicted molar refractivity (Wildman–Crippen MR) is 189 cm³/mol. The van der Waals surface area contributed by atoms with Gasteiger partial charge in [0.1, 0.15) is 0 Å². The van der Waals surface area contributed by atoms with E-state index in [0.29, 0.717) is 23.0 Å². The summed E-state index contributed by atoms with van der Waals surface area (Å²) in [6.45, 7) is 4.48. The van der Waals surface area contributed by atoms with E-state index >= 15 is 0 Å². The number of benzene rings is 6. The van der Waals surface area contributed by atoms with E-state index in [-0.39, 0.29) is 5.41 Å². The zero-order chi connectivity index (χ0) is 32.0. The Morgan fingerprint density at radius 2 is 0.872 bits per heavy atom. The summed E-state index contributed by atoms with van der Waals surface area (Å²) in [5.41, 5.74) is 12.7. The molecule has 47 heavy (non-hydrogen) atoms. The Morgan fingerprint density at radius 1 is 0.426 bits per heavy atom. The van der Waals surface area contributed by atoms with Gasteiger partial charge in [-0.2, -0.15) is 5.26 Å². The first-order valence-corrected chi connectivity index (χ1v) is 15.8. The molecule has 1 aliphatic carbocycles. The smallest absolute Gasteiger partial charge is 0.164 e. The third-order valence-corrected chi connectivity index (χ3v) is 9.18. The molecule has 0 bridgehead atoms. The highest BCUT2D eigenvalue weighted by molar-refractivity contribution is 5.84. The third kappa shape index (κ3) is 5.09. The zero-order valence-corrected chi connectivity index (χ0v) is 26.1. The Kier molecular flexibility index (Phi) is 6.82. The predicted octanol–water partition coefficient (Wildman–Crippen LogP) is 10.4. The number of hydrogen-bond donors (Lipinski definition) is 0. The molecule has 6 aromatic carbocycles. The molecule has 1 aliphatic rings. The average Bonchev–Trinajstić information content (AvgIpc) is 3.37. The fourth-order valence-electron chi connectivity index (χ4n) is 6.62. The van der Waals surface area contributed by atoms with Crippen LogP contribution in [0.5, 0.6) is 0 Å². The van der Waals surface area contributed by atoms with Crippen molar-refractivity contribution in [2.75, 3.05) is 0 Å². The Hall–Kier alpha value is -6.18. The van der Waals surface area contributed by atoms with E-state index in [1.165, 1.54) is 27.8 Å². The molecule has 0 amide bonds. The monoisotopic (exact) mass is 602 g/mol. The van der Waals surface area contributed by atoms with Crippen molar-refractivity contribution in [1.82, 2.24) is 15.0 Å². The lowest BCUT2D eigenvalue weighted by molar-refractivity contribution is 0.660. The van der Waals surface area contributed by atoms with Crippen molar-refractivity contribution in [2.24, 2.45) is 0 Å². The second-order valence-electron chi connectivity index (χ2n) is 12.5. The molecule has 4 nitrogen and oxygen atoms in total. The van der Waals surface area contributed by atoms with Gasteiger partial charge in [-0.15, -0.1) is 0 Å². The van der Waals surface area contributed by atoms with Gasteiger partial charge in [-0.1, -0.05) is 135 Å². The van der Waals surface area contributed by atoms with Crippen LogP contribution in [0.2, 0.25) is 0 Å². The van der Waals surface area contributed by atoms with Gasteiger partial charge in [0, 0.05) is 22.1 Å². The van der Waals surface area contributed by atoms with Crippen molar-refractivity contribution in [3.05, 3.63) is 162 Å². The highest BCUT2D eigenvalue weighted by atomic mass is 15.0. The molecule has 1 aromatic heterocycles. The van der Waals surface area contributed by atoms with Crippen LogP contribution >= 0.6 is 0 Å². The van der Waals surface area contributed by atoms with Crippen molar-refractivity contribution in [2.45, 2.75) is 19.3 Å². The van der Waals surface area contributed by atoms with Crippen molar-refractivity contribution in [3.63, 3.8) is 0 Å². The second-order valence-corrected chi connectivity index (χ2v) is 12.5. The van der Waals surface area contributed by atoms with Crippen LogP contribution in [-0.4, -0.2) is 15.0 Å². The largest absolute Gasteiger partial charge is 0.208 e. The van der Waals surface area contributed by atoms with Gasteiger partial charge < -0.3 is 0 Å². The van der Waals surface area contributed by atoms with Crippen LogP contribution in [0.4, 0.5) is 0 Å². The topological polar surface area (TPSA) is 62.5 Å². The molecule has 4 heteroatoms. The quantitative estimate of drug-likeness (QED) is 0.197. The molecule has 222 valence electrons. The molecule has 0 saturated carbocycles. The van der Waals surface area contributed by atoms with Crippen LogP contribution < -0.4 is 0 Å². The summed E-state index contributed by atoms with van der Waals surface area (Å²) in [7, 11) is 0. The van der Waals surface area contributed by atoms with Gasteiger partial charge in [0.25, 0.3) is 0 Å². The first-order valence-electron chi connectivity index (χ1n) is 15.8. The van der Waals surface area contributed by atoms with Crippen LogP contribution in [0.3, 0.4) is 0 Å². The van der Waals surface area contributed by atoms with Gasteiger partial charge >= 0.3 is 0 Å². The third-order valence-electron chi connectivity index (χ3n) is 9.18. The minimum atomic E-state index is -0.213. The van der Waals surface area contributed by atoms with E-state index in [4.69, 9.17) is 15.0 Å². The zero-order valence-electron chi connectivity index (χ0n) is 26.1. The molecule has 0 saturated heterocycles. The summed E-state index contributed by atoms with van der Waals surface area (Å²) in [6, 6.07) is 52.3. The van der Waals surface area contributed by atoms with Crippen LogP contribution in [0.1, 0.15) is 30.5 Å². The van der Waals surface area contributed by atoms with E-state index in [9.17, 15) is 5.26 Å². The van der Waals surface area contributed by atoms with Crippen molar-refractivity contribution in [1.29, 1.82) is 5.26 Å². The molecular formula is C43H30N4. The molecule has 7 aromatic rings. The minimum absolute atomic E-state index is 0.213. The number of rotatable bonds is 5. The fraction of sp³-hybridized carbons (Fsp3) is 0.0698. The summed E-state index contributed by atoms with van der Waals surface area (Å²) in [5, 5.41) is 9.52. The first kappa shape index (κ1) is 28.3. The molecule has 0 spiro atoms. The van der Waals surface area contributed by atoms with Crippen molar-refractivity contribution in [3.8, 4) is 73.6 Å². The summed E-state index contributed by atoms with van der Waals surface area (Å²) in [4.78, 5) is 14.9. The summed E-state index contributed by atoms with van der Waals surface area (Å²) >= 11 is 0. The highest BCUT2D eigenvalue weighted by Crippen LogP contribution is 2.50. The number of nitriles is 1. The number of nitrogens with zero attached hydrogens (tertiary/aromatic N) is 4. The van der Waals surface area contributed by atoms with Gasteiger partial charge in [0.15, 0.2) is 17.5 Å². The summed E-state index contributed by atoms with van der Waals surface area (Å²) in [6.07, 6.45) is 0. The van der Waals surface area contributed by atoms with Crippen molar-refractivity contribution < 1.29 is 0 Å². The van der Waals surface area contributed by atoms with Crippen LogP contribution in [-0.2, 0) is 5.41 Å². The van der Waals surface area contributed by atoms with Crippen molar-refractivity contribution >= 4 is 0 Å². The van der Waals surface area contributed by atoms with Crippen LogP contribution in [0.15, 0.2) is 146 Å². The fourth-order valence-corrected chi connectivity index (χ4v) is 6.62. The van der Waals surface area contributed by atoms with Crippen LogP contribution in [0.25, 0.3) is 67.5 Å². The second kappa shape index (κ2) is 11.3. The van der Waals surface area contributed by atoms with E-state index in [2.05, 4.69) is 117 Å². The normalized spacial score (nSPS) is 12.6. The minimum Gasteiger partial charge on any atom is -0.208 e. The molecule has 1 heterocycles. The molecule has 0 unspecified atom stereocenters. The van der Waals surface area contributed by atoms with E-state index < -0.39 is 0 Å². The lowest BCUT2D eigenvalue weighted by Gasteiger charge is -2.22. The van der Waals surface area contributed by atoms with E-state index in [1.54, 1.807) is 0 Å². The molecule has 0 aliphatic heterocycles. The maximum absolute atomic E-state index is 9.52.